The molecule has 5 heteroatoms. The van der Waals surface area contributed by atoms with Crippen LogP contribution in [0.3, 0.4) is 0 Å². The first-order valence-corrected chi connectivity index (χ1v) is 5.30. The summed E-state index contributed by atoms with van der Waals surface area (Å²) in [6, 6.07) is 5.78. The van der Waals surface area contributed by atoms with Gasteiger partial charge in [0.1, 0.15) is 11.6 Å². The van der Waals surface area contributed by atoms with E-state index in [1.165, 1.54) is 12.1 Å². The van der Waals surface area contributed by atoms with E-state index in [2.05, 4.69) is 9.97 Å². The number of aryl methyl sites for hydroxylation is 1. The van der Waals surface area contributed by atoms with Gasteiger partial charge in [0, 0.05) is 11.1 Å². The third-order valence-corrected chi connectivity index (χ3v) is 2.57. The van der Waals surface area contributed by atoms with Crippen LogP contribution < -0.4 is 5.56 Å². The zero-order valence-corrected chi connectivity index (χ0v) is 9.91. The number of nitrogens with zero attached hydrogens (tertiary/aromatic N) is 2. The summed E-state index contributed by atoms with van der Waals surface area (Å²) >= 11 is 0. The van der Waals surface area contributed by atoms with E-state index >= 15 is 0 Å². The average molecular weight is 243 g/mol. The SMILES string of the molecule is Cc1nc(-c2cc(F)cc(C#N)c2)c(C)c(=O)[nH]1. The molecule has 1 N–H and O–H groups in total. The first kappa shape index (κ1) is 12.0. The molecule has 1 aromatic heterocycles. The largest absolute Gasteiger partial charge is 0.311 e. The molecule has 0 radical (unpaired) electrons. The first-order chi connectivity index (χ1) is 8.51. The second-order valence-corrected chi connectivity index (χ2v) is 3.97. The zero-order valence-electron chi connectivity index (χ0n) is 9.91. The van der Waals surface area contributed by atoms with E-state index in [0.717, 1.165) is 6.07 Å². The van der Waals surface area contributed by atoms with Crippen molar-refractivity contribution in [2.75, 3.05) is 0 Å². The van der Waals surface area contributed by atoms with Crippen molar-refractivity contribution in [1.29, 1.82) is 5.26 Å². The predicted octanol–water partition coefficient (Wildman–Crippen LogP) is 2.06. The van der Waals surface area contributed by atoms with Gasteiger partial charge >= 0.3 is 0 Å². The Morgan fingerprint density at radius 3 is 2.72 bits per heavy atom. The molecule has 0 atom stereocenters. The second-order valence-electron chi connectivity index (χ2n) is 3.97. The number of hydrogen-bond donors (Lipinski definition) is 1. The molecule has 0 unspecified atom stereocenters. The fraction of sp³-hybridized carbons (Fsp3) is 0.154. The van der Waals surface area contributed by atoms with Crippen LogP contribution in [0.25, 0.3) is 11.3 Å². The lowest BCUT2D eigenvalue weighted by Crippen LogP contribution is -2.14. The monoisotopic (exact) mass is 243 g/mol. The van der Waals surface area contributed by atoms with Crippen LogP contribution in [0.4, 0.5) is 4.39 Å². The molecular weight excluding hydrogens is 233 g/mol. The highest BCUT2D eigenvalue weighted by Crippen LogP contribution is 2.21. The minimum Gasteiger partial charge on any atom is -0.311 e. The van der Waals surface area contributed by atoms with E-state index in [9.17, 15) is 9.18 Å². The van der Waals surface area contributed by atoms with Crippen molar-refractivity contribution in [3.05, 3.63) is 51.3 Å². The van der Waals surface area contributed by atoms with Crippen LogP contribution >= 0.6 is 0 Å². The number of benzene rings is 1. The summed E-state index contributed by atoms with van der Waals surface area (Å²) in [5.74, 6) is -0.0773. The molecule has 0 aliphatic heterocycles. The topological polar surface area (TPSA) is 69.5 Å². The normalized spacial score (nSPS) is 10.1. The molecule has 90 valence electrons. The molecule has 0 saturated carbocycles. The lowest BCUT2D eigenvalue weighted by Gasteiger charge is -2.06. The number of H-pyrrole nitrogens is 1. The number of nitrogens with one attached hydrogen (secondary N) is 1. The fourth-order valence-corrected chi connectivity index (χ4v) is 1.72. The summed E-state index contributed by atoms with van der Waals surface area (Å²) in [5.41, 5.74) is 1.16. The third kappa shape index (κ3) is 2.13. The molecule has 18 heavy (non-hydrogen) atoms. The van der Waals surface area contributed by atoms with Crippen molar-refractivity contribution in [3.8, 4) is 17.3 Å². The molecule has 0 spiro atoms. The van der Waals surface area contributed by atoms with Gasteiger partial charge in [0.2, 0.25) is 0 Å². The summed E-state index contributed by atoms with van der Waals surface area (Å²) in [4.78, 5) is 18.4. The lowest BCUT2D eigenvalue weighted by atomic mass is 10.0. The Labute approximate surface area is 103 Å². The van der Waals surface area contributed by atoms with Crippen LogP contribution in [-0.2, 0) is 0 Å². The van der Waals surface area contributed by atoms with Crippen LogP contribution in [0.5, 0.6) is 0 Å². The highest BCUT2D eigenvalue weighted by Gasteiger charge is 2.10. The molecule has 0 fully saturated rings. The van der Waals surface area contributed by atoms with Crippen molar-refractivity contribution < 1.29 is 4.39 Å². The first-order valence-electron chi connectivity index (χ1n) is 5.30. The van der Waals surface area contributed by atoms with Gasteiger partial charge in [-0.25, -0.2) is 9.37 Å². The standard InChI is InChI=1S/C13H10FN3O/c1-7-12(16-8(2)17-13(7)18)10-3-9(6-15)4-11(14)5-10/h3-5H,1-2H3,(H,16,17,18). The Morgan fingerprint density at radius 2 is 2.06 bits per heavy atom. The molecular formula is C13H10FN3O. The number of rotatable bonds is 1. The molecule has 2 aromatic rings. The maximum Gasteiger partial charge on any atom is 0.254 e. The molecule has 4 nitrogen and oxygen atoms in total. The average Bonchev–Trinajstić information content (AvgIpc) is 2.32. The summed E-state index contributed by atoms with van der Waals surface area (Å²) in [5, 5.41) is 8.81. The predicted molar refractivity (Wildman–Crippen MR) is 64.4 cm³/mol. The number of nitriles is 1. The number of hydrogen-bond acceptors (Lipinski definition) is 3. The van der Waals surface area contributed by atoms with Crippen LogP contribution in [-0.4, -0.2) is 9.97 Å². The highest BCUT2D eigenvalue weighted by atomic mass is 19.1. The van der Waals surface area contributed by atoms with Crippen molar-refractivity contribution in [2.24, 2.45) is 0 Å². The van der Waals surface area contributed by atoms with E-state index < -0.39 is 5.82 Å². The molecule has 1 heterocycles. The van der Waals surface area contributed by atoms with Gasteiger partial charge < -0.3 is 4.98 Å². The quantitative estimate of drug-likeness (QED) is 0.833. The van der Waals surface area contributed by atoms with E-state index in [-0.39, 0.29) is 11.1 Å². The molecule has 0 aliphatic carbocycles. The number of aromatic nitrogens is 2. The van der Waals surface area contributed by atoms with Crippen molar-refractivity contribution in [2.45, 2.75) is 13.8 Å². The number of halogens is 1. The van der Waals surface area contributed by atoms with E-state index in [1.807, 2.05) is 6.07 Å². The molecule has 0 bridgehead atoms. The lowest BCUT2D eigenvalue weighted by molar-refractivity contribution is 0.627. The second kappa shape index (κ2) is 4.41. The Balaban J connectivity index is 2.73. The van der Waals surface area contributed by atoms with Gasteiger partial charge in [-0.15, -0.1) is 0 Å². The van der Waals surface area contributed by atoms with Gasteiger partial charge in [-0.3, -0.25) is 4.79 Å². The Hall–Kier alpha value is -2.48. The summed E-state index contributed by atoms with van der Waals surface area (Å²) in [7, 11) is 0. The molecule has 0 saturated heterocycles. The third-order valence-electron chi connectivity index (χ3n) is 2.57. The van der Waals surface area contributed by atoms with Crippen LogP contribution in [0.15, 0.2) is 23.0 Å². The van der Waals surface area contributed by atoms with Gasteiger partial charge in [-0.1, -0.05) is 0 Å². The fourth-order valence-electron chi connectivity index (χ4n) is 1.72. The van der Waals surface area contributed by atoms with Gasteiger partial charge in [0.25, 0.3) is 5.56 Å². The van der Waals surface area contributed by atoms with Gasteiger partial charge in [-0.2, -0.15) is 5.26 Å². The van der Waals surface area contributed by atoms with Gasteiger partial charge in [-0.05, 0) is 32.0 Å². The molecule has 2 rings (SSSR count). The zero-order chi connectivity index (χ0) is 13.3. The Bertz CT molecular complexity index is 713. The maximum absolute atomic E-state index is 13.4. The van der Waals surface area contributed by atoms with Crippen molar-refractivity contribution in [3.63, 3.8) is 0 Å². The molecule has 1 aromatic carbocycles. The highest BCUT2D eigenvalue weighted by molar-refractivity contribution is 5.64. The van der Waals surface area contributed by atoms with Crippen molar-refractivity contribution >= 4 is 0 Å². The smallest absolute Gasteiger partial charge is 0.254 e. The maximum atomic E-state index is 13.4. The minimum absolute atomic E-state index is 0.198. The summed E-state index contributed by atoms with van der Waals surface area (Å²) in [6.07, 6.45) is 0. The van der Waals surface area contributed by atoms with Crippen molar-refractivity contribution in [1.82, 2.24) is 9.97 Å². The molecule has 0 aliphatic rings. The van der Waals surface area contributed by atoms with Crippen LogP contribution in [0.1, 0.15) is 17.0 Å². The van der Waals surface area contributed by atoms with E-state index in [4.69, 9.17) is 5.26 Å². The summed E-state index contributed by atoms with van der Waals surface area (Å²) in [6.45, 7) is 3.26. The Kier molecular flexibility index (Phi) is 2.94. The minimum atomic E-state index is -0.525. The van der Waals surface area contributed by atoms with Gasteiger partial charge in [0.05, 0.1) is 17.3 Å². The van der Waals surface area contributed by atoms with E-state index in [1.54, 1.807) is 13.8 Å². The number of aromatic amines is 1. The van der Waals surface area contributed by atoms with Gasteiger partial charge in [0.15, 0.2) is 0 Å². The van der Waals surface area contributed by atoms with Crippen LogP contribution in [0.2, 0.25) is 0 Å². The van der Waals surface area contributed by atoms with E-state index in [0.29, 0.717) is 22.6 Å². The summed E-state index contributed by atoms with van der Waals surface area (Å²) < 4.78 is 13.4. The Morgan fingerprint density at radius 1 is 1.33 bits per heavy atom. The van der Waals surface area contributed by atoms with Crippen LogP contribution in [0, 0.1) is 31.0 Å². The molecule has 0 amide bonds.